The van der Waals surface area contributed by atoms with Gasteiger partial charge in [0.1, 0.15) is 0 Å². The highest BCUT2D eigenvalue weighted by Crippen LogP contribution is 2.27. The summed E-state index contributed by atoms with van der Waals surface area (Å²) in [5, 5.41) is 3.45. The van der Waals surface area contributed by atoms with Gasteiger partial charge >= 0.3 is 5.97 Å². The summed E-state index contributed by atoms with van der Waals surface area (Å²) in [5.41, 5.74) is 1.83. The van der Waals surface area contributed by atoms with Gasteiger partial charge in [0, 0.05) is 19.6 Å². The van der Waals surface area contributed by atoms with E-state index in [-0.39, 0.29) is 5.97 Å². The molecule has 0 unspecified atom stereocenters. The summed E-state index contributed by atoms with van der Waals surface area (Å²) in [6, 6.07) is 7.76. The number of rotatable bonds is 3. The molecule has 2 aliphatic rings. The highest BCUT2D eigenvalue weighted by molar-refractivity contribution is 5.89. The third-order valence-electron chi connectivity index (χ3n) is 4.22. The van der Waals surface area contributed by atoms with Gasteiger partial charge in [-0.05, 0) is 42.6 Å². The third-order valence-corrected chi connectivity index (χ3v) is 4.22. The van der Waals surface area contributed by atoms with E-state index in [0.29, 0.717) is 5.56 Å². The van der Waals surface area contributed by atoms with Crippen molar-refractivity contribution in [1.82, 2.24) is 10.2 Å². The second-order valence-corrected chi connectivity index (χ2v) is 5.56. The largest absolute Gasteiger partial charge is 0.465 e. The van der Waals surface area contributed by atoms with Gasteiger partial charge in [-0.15, -0.1) is 0 Å². The summed E-state index contributed by atoms with van der Waals surface area (Å²) < 4.78 is 4.76. The number of carbonyl (C=O) groups is 1. The van der Waals surface area contributed by atoms with Crippen LogP contribution < -0.4 is 5.32 Å². The summed E-state index contributed by atoms with van der Waals surface area (Å²) in [6.07, 6.45) is 0. The fourth-order valence-corrected chi connectivity index (χ4v) is 3.25. The second kappa shape index (κ2) is 5.31. The Morgan fingerprint density at radius 2 is 2.11 bits per heavy atom. The van der Waals surface area contributed by atoms with E-state index in [4.69, 9.17) is 4.74 Å². The topological polar surface area (TPSA) is 41.6 Å². The van der Waals surface area contributed by atoms with Gasteiger partial charge in [-0.3, -0.25) is 4.90 Å². The molecular weight excluding hydrogens is 240 g/mol. The van der Waals surface area contributed by atoms with Crippen LogP contribution in [0.25, 0.3) is 0 Å². The van der Waals surface area contributed by atoms with Crippen molar-refractivity contribution in [3.63, 3.8) is 0 Å². The number of ether oxygens (including phenoxy) is 1. The Labute approximate surface area is 113 Å². The van der Waals surface area contributed by atoms with Gasteiger partial charge < -0.3 is 10.1 Å². The molecule has 0 saturated carbocycles. The molecule has 1 N–H and O–H groups in total. The Bertz CT molecular complexity index is 463. The van der Waals surface area contributed by atoms with E-state index in [2.05, 4.69) is 16.3 Å². The quantitative estimate of drug-likeness (QED) is 0.827. The first-order chi connectivity index (χ1) is 9.26. The molecule has 2 atom stereocenters. The molecule has 0 radical (unpaired) electrons. The molecule has 19 heavy (non-hydrogen) atoms. The van der Waals surface area contributed by atoms with Gasteiger partial charge in [0.2, 0.25) is 0 Å². The van der Waals surface area contributed by atoms with Crippen molar-refractivity contribution in [2.24, 2.45) is 11.8 Å². The highest BCUT2D eigenvalue weighted by atomic mass is 16.5. The molecule has 0 aromatic heterocycles. The summed E-state index contributed by atoms with van der Waals surface area (Å²) in [6.45, 7) is 5.57. The fourth-order valence-electron chi connectivity index (χ4n) is 3.25. The van der Waals surface area contributed by atoms with Gasteiger partial charge in [0.15, 0.2) is 0 Å². The van der Waals surface area contributed by atoms with Crippen LogP contribution in [-0.4, -0.2) is 44.2 Å². The van der Waals surface area contributed by atoms with Gasteiger partial charge in [-0.1, -0.05) is 12.1 Å². The summed E-state index contributed by atoms with van der Waals surface area (Å²) in [4.78, 5) is 14.0. The molecule has 0 spiro atoms. The second-order valence-electron chi connectivity index (χ2n) is 5.56. The normalized spacial score (nSPS) is 26.4. The summed E-state index contributed by atoms with van der Waals surface area (Å²) in [7, 11) is 1.42. The number of methoxy groups -OCH3 is 1. The van der Waals surface area contributed by atoms with E-state index in [1.54, 1.807) is 6.07 Å². The number of nitrogens with zero attached hydrogens (tertiary/aromatic N) is 1. The van der Waals surface area contributed by atoms with Crippen molar-refractivity contribution in [1.29, 1.82) is 0 Å². The Balaban J connectivity index is 1.65. The maximum absolute atomic E-state index is 11.5. The van der Waals surface area contributed by atoms with Crippen LogP contribution in [0.4, 0.5) is 0 Å². The van der Waals surface area contributed by atoms with E-state index in [1.165, 1.54) is 25.8 Å². The number of hydrogen-bond donors (Lipinski definition) is 1. The zero-order valence-corrected chi connectivity index (χ0v) is 11.3. The Morgan fingerprint density at radius 1 is 1.37 bits per heavy atom. The zero-order valence-electron chi connectivity index (χ0n) is 11.3. The predicted molar refractivity (Wildman–Crippen MR) is 72.9 cm³/mol. The van der Waals surface area contributed by atoms with Gasteiger partial charge in [-0.2, -0.15) is 0 Å². The van der Waals surface area contributed by atoms with Crippen molar-refractivity contribution in [3.05, 3.63) is 35.4 Å². The highest BCUT2D eigenvalue weighted by Gasteiger charge is 2.35. The SMILES string of the molecule is COC(=O)c1cccc(CN2C[C@H]3CNC[C@H]3C2)c1. The molecule has 2 heterocycles. The molecule has 1 aromatic carbocycles. The van der Waals surface area contributed by atoms with Crippen LogP contribution in [0.15, 0.2) is 24.3 Å². The molecule has 0 amide bonds. The number of carbonyl (C=O) groups excluding carboxylic acids is 1. The average Bonchev–Trinajstić information content (AvgIpc) is 2.99. The lowest BCUT2D eigenvalue weighted by atomic mass is 10.0. The van der Waals surface area contributed by atoms with Crippen LogP contribution >= 0.6 is 0 Å². The lowest BCUT2D eigenvalue weighted by Crippen LogP contribution is -2.25. The molecule has 2 aliphatic heterocycles. The molecule has 2 fully saturated rings. The monoisotopic (exact) mass is 260 g/mol. The zero-order chi connectivity index (χ0) is 13.2. The fraction of sp³-hybridized carbons (Fsp3) is 0.533. The number of hydrogen-bond acceptors (Lipinski definition) is 4. The van der Waals surface area contributed by atoms with Crippen molar-refractivity contribution in [2.45, 2.75) is 6.54 Å². The van der Waals surface area contributed by atoms with Crippen LogP contribution in [0.1, 0.15) is 15.9 Å². The Kier molecular flexibility index (Phi) is 3.53. The first-order valence-electron chi connectivity index (χ1n) is 6.86. The van der Waals surface area contributed by atoms with Crippen molar-refractivity contribution >= 4 is 5.97 Å². The molecule has 0 bridgehead atoms. The number of esters is 1. The van der Waals surface area contributed by atoms with Crippen LogP contribution in [0.5, 0.6) is 0 Å². The van der Waals surface area contributed by atoms with Crippen molar-refractivity contribution < 1.29 is 9.53 Å². The minimum Gasteiger partial charge on any atom is -0.465 e. The van der Waals surface area contributed by atoms with Crippen molar-refractivity contribution in [2.75, 3.05) is 33.3 Å². The molecule has 2 saturated heterocycles. The molecule has 1 aromatic rings. The van der Waals surface area contributed by atoms with Gasteiger partial charge in [0.25, 0.3) is 0 Å². The van der Waals surface area contributed by atoms with Crippen LogP contribution in [-0.2, 0) is 11.3 Å². The molecule has 102 valence electrons. The van der Waals surface area contributed by atoms with E-state index in [0.717, 1.165) is 31.5 Å². The van der Waals surface area contributed by atoms with Crippen LogP contribution in [0, 0.1) is 11.8 Å². The van der Waals surface area contributed by atoms with Crippen LogP contribution in [0.3, 0.4) is 0 Å². The number of nitrogens with one attached hydrogen (secondary N) is 1. The Hall–Kier alpha value is -1.39. The minimum atomic E-state index is -0.260. The number of benzene rings is 1. The summed E-state index contributed by atoms with van der Waals surface area (Å²) >= 11 is 0. The Morgan fingerprint density at radius 3 is 2.79 bits per heavy atom. The molecule has 4 nitrogen and oxygen atoms in total. The first-order valence-corrected chi connectivity index (χ1v) is 6.86. The predicted octanol–water partition coefficient (Wildman–Crippen LogP) is 1.12. The van der Waals surface area contributed by atoms with Crippen molar-refractivity contribution in [3.8, 4) is 0 Å². The van der Waals surface area contributed by atoms with E-state index in [9.17, 15) is 4.79 Å². The smallest absolute Gasteiger partial charge is 0.337 e. The van der Waals surface area contributed by atoms with Crippen LogP contribution in [0.2, 0.25) is 0 Å². The first kappa shape index (κ1) is 12.6. The lowest BCUT2D eigenvalue weighted by molar-refractivity contribution is 0.0600. The van der Waals surface area contributed by atoms with Gasteiger partial charge in [0.05, 0.1) is 12.7 Å². The lowest BCUT2D eigenvalue weighted by Gasteiger charge is -2.17. The van der Waals surface area contributed by atoms with Gasteiger partial charge in [-0.25, -0.2) is 4.79 Å². The maximum atomic E-state index is 11.5. The maximum Gasteiger partial charge on any atom is 0.337 e. The minimum absolute atomic E-state index is 0.260. The third kappa shape index (κ3) is 2.65. The molecule has 4 heteroatoms. The molecule has 0 aliphatic carbocycles. The van der Waals surface area contributed by atoms with E-state index < -0.39 is 0 Å². The summed E-state index contributed by atoms with van der Waals surface area (Å²) in [5.74, 6) is 1.36. The number of likely N-dealkylation sites (tertiary alicyclic amines) is 1. The average molecular weight is 260 g/mol. The molecular formula is C15H20N2O2. The molecule has 3 rings (SSSR count). The van der Waals surface area contributed by atoms with E-state index >= 15 is 0 Å². The standard InChI is InChI=1S/C15H20N2O2/c1-19-15(18)12-4-2-3-11(5-12)8-17-9-13-6-16-7-14(13)10-17/h2-5,13-14,16H,6-10H2,1H3/t13-,14+. The van der Waals surface area contributed by atoms with E-state index in [1.807, 2.05) is 12.1 Å². The number of fused-ring (bicyclic) bond motifs is 1.